The Kier molecular flexibility index (Phi) is 6.73. The van der Waals surface area contributed by atoms with E-state index in [0.29, 0.717) is 16.3 Å². The zero-order chi connectivity index (χ0) is 26.8. The van der Waals surface area contributed by atoms with Crippen molar-refractivity contribution in [3.8, 4) is 11.1 Å². The highest BCUT2D eigenvalue weighted by Crippen LogP contribution is 2.30. The van der Waals surface area contributed by atoms with Crippen molar-refractivity contribution >= 4 is 46.0 Å². The first-order valence-electron chi connectivity index (χ1n) is 12.8. The number of nitrogens with one attached hydrogen (secondary N) is 1. The topological polar surface area (TPSA) is 70.0 Å². The van der Waals surface area contributed by atoms with Gasteiger partial charge < -0.3 is 19.5 Å². The van der Waals surface area contributed by atoms with Gasteiger partial charge in [0, 0.05) is 61.0 Å². The fraction of sp³-hybridized carbons (Fsp3) is 0.129. The summed E-state index contributed by atoms with van der Waals surface area (Å²) >= 11 is 6.24. The van der Waals surface area contributed by atoms with Crippen LogP contribution >= 0.6 is 11.6 Å². The molecule has 0 atom stereocenters. The Hall–Kier alpha value is -4.62. The number of ketones is 1. The predicted molar refractivity (Wildman–Crippen MR) is 156 cm³/mol. The van der Waals surface area contributed by atoms with Crippen LogP contribution in [0.2, 0.25) is 5.02 Å². The summed E-state index contributed by atoms with van der Waals surface area (Å²) in [5.74, 6) is -0.344. The number of amides is 1. The molecule has 0 bridgehead atoms. The number of halogens is 1. The van der Waals surface area contributed by atoms with Gasteiger partial charge in [-0.2, -0.15) is 0 Å². The van der Waals surface area contributed by atoms with Crippen LogP contribution in [0.15, 0.2) is 103 Å². The van der Waals surface area contributed by atoms with Crippen molar-refractivity contribution in [3.05, 3.63) is 114 Å². The molecule has 1 amide bonds. The first kappa shape index (κ1) is 24.7. The lowest BCUT2D eigenvalue weighted by Gasteiger charge is -2.36. The smallest absolute Gasteiger partial charge is 0.298 e. The van der Waals surface area contributed by atoms with Gasteiger partial charge in [0.25, 0.3) is 11.7 Å². The van der Waals surface area contributed by atoms with Crippen molar-refractivity contribution in [1.82, 2.24) is 9.38 Å². The number of rotatable bonds is 6. The van der Waals surface area contributed by atoms with Crippen molar-refractivity contribution in [2.45, 2.75) is 0 Å². The standard InChI is InChI=1S/C31H26ClN5O2/c32-23-9-12-26-20-27(22-6-2-1-3-7-22)29(37(26)21-23)30(38)31(39)34-24-10-13-25(14-11-24)35-16-18-36(19-17-35)28-8-4-5-15-33-28/h1-15,20-21H,16-19H2,(H,34,39). The summed E-state index contributed by atoms with van der Waals surface area (Å²) in [4.78, 5) is 35.7. The van der Waals surface area contributed by atoms with Crippen LogP contribution in [0.1, 0.15) is 10.5 Å². The van der Waals surface area contributed by atoms with E-state index in [1.54, 1.807) is 16.7 Å². The molecule has 1 fully saturated rings. The zero-order valence-electron chi connectivity index (χ0n) is 21.1. The van der Waals surface area contributed by atoms with E-state index in [9.17, 15) is 9.59 Å². The third-order valence-electron chi connectivity index (χ3n) is 6.98. The number of benzene rings is 2. The summed E-state index contributed by atoms with van der Waals surface area (Å²) in [6, 6.07) is 28.6. The van der Waals surface area contributed by atoms with E-state index in [0.717, 1.165) is 48.8 Å². The van der Waals surface area contributed by atoms with Crippen molar-refractivity contribution in [2.75, 3.05) is 41.3 Å². The molecule has 0 spiro atoms. The summed E-state index contributed by atoms with van der Waals surface area (Å²) in [5.41, 5.74) is 4.21. The molecule has 1 aliphatic rings. The summed E-state index contributed by atoms with van der Waals surface area (Å²) < 4.78 is 1.68. The molecule has 0 unspecified atom stereocenters. The second-order valence-electron chi connectivity index (χ2n) is 9.41. The first-order valence-corrected chi connectivity index (χ1v) is 13.2. The highest BCUT2D eigenvalue weighted by molar-refractivity contribution is 6.47. The number of hydrogen-bond acceptors (Lipinski definition) is 5. The number of hydrogen-bond donors (Lipinski definition) is 1. The summed E-state index contributed by atoms with van der Waals surface area (Å²) in [6.45, 7) is 3.49. The number of carbonyl (C=O) groups is 2. The van der Waals surface area contributed by atoms with E-state index in [2.05, 4.69) is 20.1 Å². The van der Waals surface area contributed by atoms with Crippen molar-refractivity contribution in [2.24, 2.45) is 0 Å². The van der Waals surface area contributed by atoms with Crippen LogP contribution in [0.3, 0.4) is 0 Å². The fourth-order valence-corrected chi connectivity index (χ4v) is 5.16. The summed E-state index contributed by atoms with van der Waals surface area (Å²) in [5, 5.41) is 3.25. The van der Waals surface area contributed by atoms with Crippen molar-refractivity contribution < 1.29 is 9.59 Å². The maximum Gasteiger partial charge on any atom is 0.298 e. The van der Waals surface area contributed by atoms with E-state index in [-0.39, 0.29) is 5.69 Å². The average Bonchev–Trinajstić information content (AvgIpc) is 3.37. The Morgan fingerprint density at radius 2 is 1.51 bits per heavy atom. The average molecular weight is 536 g/mol. The van der Waals surface area contributed by atoms with Crippen LogP contribution in [0.4, 0.5) is 17.2 Å². The fourth-order valence-electron chi connectivity index (χ4n) is 5.00. The predicted octanol–water partition coefficient (Wildman–Crippen LogP) is 5.80. The Bertz CT molecular complexity index is 1630. The van der Waals surface area contributed by atoms with Gasteiger partial charge in [-0.25, -0.2) is 4.98 Å². The lowest BCUT2D eigenvalue weighted by Crippen LogP contribution is -2.46. The Morgan fingerprint density at radius 1 is 0.795 bits per heavy atom. The van der Waals surface area contributed by atoms with E-state index >= 15 is 0 Å². The molecule has 0 radical (unpaired) electrons. The molecule has 4 heterocycles. The third-order valence-corrected chi connectivity index (χ3v) is 7.21. The van der Waals surface area contributed by atoms with Crippen molar-refractivity contribution in [1.29, 1.82) is 0 Å². The van der Waals surface area contributed by atoms with E-state index in [1.807, 2.05) is 91.1 Å². The normalized spacial score (nSPS) is 13.5. The number of carbonyl (C=O) groups excluding carboxylic acids is 2. The SMILES string of the molecule is O=C(Nc1ccc(N2CCN(c3ccccn3)CC2)cc1)C(=O)c1c(-c2ccccc2)cc2ccc(Cl)cn12. The number of aromatic nitrogens is 2. The molecule has 39 heavy (non-hydrogen) atoms. The van der Waals surface area contributed by atoms with Gasteiger partial charge >= 0.3 is 0 Å². The highest BCUT2D eigenvalue weighted by Gasteiger charge is 2.25. The Labute approximate surface area is 231 Å². The van der Waals surface area contributed by atoms with E-state index in [1.165, 1.54) is 0 Å². The molecule has 5 aromatic rings. The lowest BCUT2D eigenvalue weighted by molar-refractivity contribution is -0.112. The molecule has 3 aromatic heterocycles. The van der Waals surface area contributed by atoms with Gasteiger partial charge in [-0.15, -0.1) is 0 Å². The second-order valence-corrected chi connectivity index (χ2v) is 9.84. The summed E-state index contributed by atoms with van der Waals surface area (Å²) in [6.07, 6.45) is 3.47. The molecular weight excluding hydrogens is 510 g/mol. The quantitative estimate of drug-likeness (QED) is 0.220. The molecule has 194 valence electrons. The number of pyridine rings is 2. The molecule has 7 nitrogen and oxygen atoms in total. The molecular formula is C31H26ClN5O2. The van der Waals surface area contributed by atoms with Gasteiger partial charge in [-0.3, -0.25) is 9.59 Å². The molecule has 1 N–H and O–H groups in total. The molecule has 0 aliphatic carbocycles. The number of Topliss-reactive ketones (excluding diaryl/α,β-unsaturated/α-hetero) is 1. The number of fused-ring (bicyclic) bond motifs is 1. The van der Waals surface area contributed by atoms with Gasteiger partial charge in [0.2, 0.25) is 0 Å². The third kappa shape index (κ3) is 5.09. The minimum Gasteiger partial charge on any atom is -0.368 e. The maximum absolute atomic E-state index is 13.5. The largest absolute Gasteiger partial charge is 0.368 e. The van der Waals surface area contributed by atoms with Crippen LogP contribution in [0.5, 0.6) is 0 Å². The van der Waals surface area contributed by atoms with Gasteiger partial charge in [0.1, 0.15) is 11.5 Å². The van der Waals surface area contributed by atoms with Gasteiger partial charge in [-0.05, 0) is 60.2 Å². The van der Waals surface area contributed by atoms with Gasteiger partial charge in [-0.1, -0.05) is 48.0 Å². The number of nitrogens with zero attached hydrogens (tertiary/aromatic N) is 4. The van der Waals surface area contributed by atoms with Gasteiger partial charge in [0.15, 0.2) is 0 Å². The minimum absolute atomic E-state index is 0.276. The van der Waals surface area contributed by atoms with Crippen LogP contribution in [-0.4, -0.2) is 47.3 Å². The molecule has 6 rings (SSSR count). The van der Waals surface area contributed by atoms with Crippen LogP contribution < -0.4 is 15.1 Å². The van der Waals surface area contributed by atoms with Gasteiger partial charge in [0.05, 0.1) is 5.02 Å². The molecule has 1 aliphatic heterocycles. The first-order chi connectivity index (χ1) is 19.1. The lowest BCUT2D eigenvalue weighted by atomic mass is 10.0. The van der Waals surface area contributed by atoms with E-state index in [4.69, 9.17) is 11.6 Å². The molecule has 2 aromatic carbocycles. The van der Waals surface area contributed by atoms with Crippen molar-refractivity contribution in [3.63, 3.8) is 0 Å². The second kappa shape index (κ2) is 10.6. The van der Waals surface area contributed by atoms with Crippen LogP contribution in [-0.2, 0) is 4.79 Å². The van der Waals surface area contributed by atoms with E-state index < -0.39 is 11.7 Å². The number of anilines is 3. The monoisotopic (exact) mass is 535 g/mol. The maximum atomic E-state index is 13.5. The minimum atomic E-state index is -0.705. The molecule has 8 heteroatoms. The molecule has 1 saturated heterocycles. The molecule has 0 saturated carbocycles. The number of piperazine rings is 1. The highest BCUT2D eigenvalue weighted by atomic mass is 35.5. The Balaban J connectivity index is 1.17. The van der Waals surface area contributed by atoms with Crippen LogP contribution in [0.25, 0.3) is 16.6 Å². The zero-order valence-corrected chi connectivity index (χ0v) is 21.9. The Morgan fingerprint density at radius 3 is 2.23 bits per heavy atom. The van der Waals surface area contributed by atoms with Crippen LogP contribution in [0, 0.1) is 0 Å². The summed E-state index contributed by atoms with van der Waals surface area (Å²) in [7, 11) is 0.